The number of carbonyl (C=O) groups is 1. The van der Waals surface area contributed by atoms with Gasteiger partial charge in [0.2, 0.25) is 5.91 Å². The zero-order valence-electron chi connectivity index (χ0n) is 13.5. The lowest BCUT2D eigenvalue weighted by Gasteiger charge is -2.47. The van der Waals surface area contributed by atoms with Gasteiger partial charge in [0.1, 0.15) is 0 Å². The summed E-state index contributed by atoms with van der Waals surface area (Å²) in [5.74, 6) is 0.406. The number of carbonyl (C=O) groups excluding carboxylic acids is 1. The molecule has 4 atom stereocenters. The molecule has 5 heteroatoms. The Morgan fingerprint density at radius 3 is 2.40 bits per heavy atom. The van der Waals surface area contributed by atoms with Crippen LogP contribution in [0.15, 0.2) is 12.7 Å². The summed E-state index contributed by atoms with van der Waals surface area (Å²) in [6, 6.07) is 0.177. The summed E-state index contributed by atoms with van der Waals surface area (Å²) in [5, 5.41) is 3.19. The Kier molecular flexibility index (Phi) is 5.89. The van der Waals surface area contributed by atoms with Crippen molar-refractivity contribution in [2.45, 2.75) is 58.0 Å². The lowest BCUT2D eigenvalue weighted by atomic mass is 9.79. The van der Waals surface area contributed by atoms with Gasteiger partial charge in [-0.1, -0.05) is 49.4 Å². The van der Waals surface area contributed by atoms with Crippen molar-refractivity contribution in [3.05, 3.63) is 12.7 Å². The molecule has 0 aliphatic carbocycles. The molecule has 0 spiro atoms. The van der Waals surface area contributed by atoms with Crippen molar-refractivity contribution in [3.63, 3.8) is 0 Å². The zero-order valence-corrected chi connectivity index (χ0v) is 16.7. The highest BCUT2D eigenvalue weighted by Crippen LogP contribution is 2.39. The zero-order chi connectivity index (χ0) is 15.7. The highest BCUT2D eigenvalue weighted by molar-refractivity contribution is 14.1. The van der Waals surface area contributed by atoms with Crippen molar-refractivity contribution in [1.82, 2.24) is 5.32 Å². The third-order valence-corrected chi connectivity index (χ3v) is 10.3. The number of nitrogens with one attached hydrogen (secondary N) is 1. The molecule has 0 saturated carbocycles. The third-order valence-electron chi connectivity index (χ3n) is 4.73. The Morgan fingerprint density at radius 2 is 2.05 bits per heavy atom. The highest BCUT2D eigenvalue weighted by atomic mass is 127. The van der Waals surface area contributed by atoms with Crippen molar-refractivity contribution in [2.24, 2.45) is 11.8 Å². The quantitative estimate of drug-likeness (QED) is 0.239. The summed E-state index contributed by atoms with van der Waals surface area (Å²) in [4.78, 5) is 11.9. The fourth-order valence-corrected chi connectivity index (χ4v) is 4.65. The second kappa shape index (κ2) is 6.48. The fourth-order valence-electron chi connectivity index (χ4n) is 2.32. The van der Waals surface area contributed by atoms with Crippen LogP contribution in [0.25, 0.3) is 0 Å². The van der Waals surface area contributed by atoms with Gasteiger partial charge in [-0.2, -0.15) is 0 Å². The maximum absolute atomic E-state index is 11.9. The van der Waals surface area contributed by atoms with Gasteiger partial charge in [-0.05, 0) is 25.1 Å². The average molecular weight is 409 g/mol. The topological polar surface area (TPSA) is 38.3 Å². The van der Waals surface area contributed by atoms with Gasteiger partial charge in [-0.3, -0.25) is 4.79 Å². The summed E-state index contributed by atoms with van der Waals surface area (Å²) in [6.45, 7) is 17.1. The molecule has 0 bridgehead atoms. The van der Waals surface area contributed by atoms with E-state index in [2.05, 4.69) is 68.4 Å². The van der Waals surface area contributed by atoms with E-state index in [0.29, 0.717) is 5.92 Å². The first-order valence-electron chi connectivity index (χ1n) is 7.22. The summed E-state index contributed by atoms with van der Waals surface area (Å²) in [7, 11) is -1.84. The molecule has 1 aliphatic heterocycles. The average Bonchev–Trinajstić information content (AvgIpc) is 2.26. The number of alkyl halides is 1. The van der Waals surface area contributed by atoms with E-state index in [4.69, 9.17) is 4.43 Å². The van der Waals surface area contributed by atoms with E-state index in [0.717, 1.165) is 4.43 Å². The van der Waals surface area contributed by atoms with Crippen molar-refractivity contribution < 1.29 is 9.22 Å². The van der Waals surface area contributed by atoms with Crippen molar-refractivity contribution in [2.75, 3.05) is 4.43 Å². The van der Waals surface area contributed by atoms with Crippen LogP contribution in [-0.4, -0.2) is 30.8 Å². The van der Waals surface area contributed by atoms with Crippen molar-refractivity contribution >= 4 is 36.8 Å². The molecule has 20 heavy (non-hydrogen) atoms. The normalized spacial score (nSPS) is 26.4. The second-order valence-corrected chi connectivity index (χ2v) is 12.8. The lowest BCUT2D eigenvalue weighted by Crippen LogP contribution is -2.66. The first kappa shape index (κ1) is 18.2. The predicted octanol–water partition coefficient (Wildman–Crippen LogP) is 3.75. The van der Waals surface area contributed by atoms with Gasteiger partial charge < -0.3 is 9.74 Å². The molecule has 1 saturated heterocycles. The SMILES string of the molecule is C=C[C@@H](CI)[C@H]1NC(=O)[C@@H]1[C@@H](C)O[Si](C)(C)C(C)(C)C. The highest BCUT2D eigenvalue weighted by Gasteiger charge is 2.49. The second-order valence-electron chi connectivity index (χ2n) is 7.20. The third kappa shape index (κ3) is 3.65. The standard InChI is InChI=1S/C15H28INO2Si/c1-8-11(9-16)13-12(14(18)17-13)10(2)19-20(6,7)15(3,4)5/h8,10-13H,1,9H2,2-7H3,(H,17,18)/t10-,11+,12-,13-/m1/s1. The molecule has 0 unspecified atom stereocenters. The summed E-state index contributed by atoms with van der Waals surface area (Å²) < 4.78 is 7.36. The largest absolute Gasteiger partial charge is 0.413 e. The van der Waals surface area contributed by atoms with Gasteiger partial charge in [-0.15, -0.1) is 6.58 Å². The molecule has 1 fully saturated rings. The first-order chi connectivity index (χ1) is 9.05. The van der Waals surface area contributed by atoms with E-state index in [1.165, 1.54) is 0 Å². The lowest BCUT2D eigenvalue weighted by molar-refractivity contribution is -0.141. The molecule has 0 radical (unpaired) electrons. The first-order valence-corrected chi connectivity index (χ1v) is 11.6. The van der Waals surface area contributed by atoms with Gasteiger partial charge in [0.15, 0.2) is 8.32 Å². The molecule has 0 aromatic carbocycles. The summed E-state index contributed by atoms with van der Waals surface area (Å²) >= 11 is 2.35. The number of amides is 1. The van der Waals surface area contributed by atoms with Gasteiger partial charge in [0.25, 0.3) is 0 Å². The van der Waals surface area contributed by atoms with Gasteiger partial charge in [-0.25, -0.2) is 0 Å². The van der Waals surface area contributed by atoms with Gasteiger partial charge in [0, 0.05) is 16.4 Å². The maximum atomic E-state index is 11.9. The molecule has 1 N–H and O–H groups in total. The van der Waals surface area contributed by atoms with Crippen LogP contribution in [0.3, 0.4) is 0 Å². The van der Waals surface area contributed by atoms with Crippen LogP contribution in [0, 0.1) is 11.8 Å². The van der Waals surface area contributed by atoms with E-state index in [-0.39, 0.29) is 29.0 Å². The number of β-lactam (4-membered cyclic amide) rings is 1. The van der Waals surface area contributed by atoms with Crippen LogP contribution in [0.5, 0.6) is 0 Å². The summed E-state index contributed by atoms with van der Waals surface area (Å²) in [5.41, 5.74) is 0. The molecular weight excluding hydrogens is 381 g/mol. The predicted molar refractivity (Wildman–Crippen MR) is 95.7 cm³/mol. The minimum atomic E-state index is -1.84. The van der Waals surface area contributed by atoms with Gasteiger partial charge in [0.05, 0.1) is 12.0 Å². The Labute approximate surface area is 138 Å². The van der Waals surface area contributed by atoms with E-state index in [9.17, 15) is 4.79 Å². The fraction of sp³-hybridized carbons (Fsp3) is 0.800. The monoisotopic (exact) mass is 409 g/mol. The molecule has 0 aromatic rings. The van der Waals surface area contributed by atoms with Crippen LogP contribution < -0.4 is 5.32 Å². The summed E-state index contributed by atoms with van der Waals surface area (Å²) in [6.07, 6.45) is 1.92. The van der Waals surface area contributed by atoms with Crippen LogP contribution in [-0.2, 0) is 9.22 Å². The van der Waals surface area contributed by atoms with Crippen LogP contribution >= 0.6 is 22.6 Å². The maximum Gasteiger partial charge on any atom is 0.228 e. The number of rotatable bonds is 6. The molecule has 116 valence electrons. The van der Waals surface area contributed by atoms with E-state index in [1.807, 2.05) is 13.0 Å². The van der Waals surface area contributed by atoms with E-state index < -0.39 is 8.32 Å². The van der Waals surface area contributed by atoms with Crippen LogP contribution in [0.1, 0.15) is 27.7 Å². The molecule has 1 aliphatic rings. The van der Waals surface area contributed by atoms with E-state index in [1.54, 1.807) is 0 Å². The smallest absolute Gasteiger partial charge is 0.228 e. The molecule has 1 amide bonds. The molecule has 1 rings (SSSR count). The Morgan fingerprint density at radius 1 is 1.50 bits per heavy atom. The van der Waals surface area contributed by atoms with Crippen molar-refractivity contribution in [1.29, 1.82) is 0 Å². The molecule has 1 heterocycles. The minimum absolute atomic E-state index is 0.0277. The molecular formula is C15H28INO2Si. The number of hydrogen-bond acceptors (Lipinski definition) is 2. The minimum Gasteiger partial charge on any atom is -0.413 e. The molecule has 0 aromatic heterocycles. The Hall–Kier alpha value is 0.117. The molecule has 3 nitrogen and oxygen atoms in total. The number of halogens is 1. The van der Waals surface area contributed by atoms with Crippen LogP contribution in [0.2, 0.25) is 18.1 Å². The van der Waals surface area contributed by atoms with Gasteiger partial charge >= 0.3 is 0 Å². The van der Waals surface area contributed by atoms with Crippen molar-refractivity contribution in [3.8, 4) is 0 Å². The Balaban J connectivity index is 2.78. The van der Waals surface area contributed by atoms with Crippen LogP contribution in [0.4, 0.5) is 0 Å². The Bertz CT molecular complexity index is 379. The number of hydrogen-bond donors (Lipinski definition) is 1. The van der Waals surface area contributed by atoms with E-state index >= 15 is 0 Å².